The Balaban J connectivity index is 2.27. The number of methoxy groups -OCH3 is 1. The van der Waals surface area contributed by atoms with Crippen LogP contribution in [0.1, 0.15) is 28.4 Å². The number of nitrogens with zero attached hydrogens (tertiary/aromatic N) is 2. The third kappa shape index (κ3) is 3.28. The number of hydrogen-bond acceptors (Lipinski definition) is 5. The fourth-order valence-electron chi connectivity index (χ4n) is 2.81. The number of carboxylic acids is 1. The molecule has 0 radical (unpaired) electrons. The Morgan fingerprint density at radius 1 is 1.33 bits per heavy atom. The lowest BCUT2D eigenvalue weighted by Crippen LogP contribution is -2.20. The first-order valence-corrected chi connectivity index (χ1v) is 7.67. The number of nitrogens with one attached hydrogen (secondary N) is 1. The number of carboxylic acid groups (broad SMARTS) is 1. The number of fused-ring (bicyclic) bond motifs is 1. The molecule has 2 heterocycles. The number of benzene rings is 1. The molecule has 3 rings (SSSR count). The number of aromatic amines is 1. The van der Waals surface area contributed by atoms with Crippen LogP contribution in [0.25, 0.3) is 11.3 Å². The number of esters is 1. The Morgan fingerprint density at radius 2 is 2.07 bits per heavy atom. The molecule has 0 saturated carbocycles. The molecule has 0 aliphatic carbocycles. The molecule has 0 bridgehead atoms. The number of aliphatic carboxylic acids is 1. The highest BCUT2D eigenvalue weighted by molar-refractivity contribution is 5.96. The van der Waals surface area contributed by atoms with E-state index < -0.39 is 41.6 Å². The van der Waals surface area contributed by atoms with E-state index in [0.717, 1.165) is 17.7 Å². The monoisotopic (exact) mass is 377 g/mol. The Kier molecular flexibility index (Phi) is 4.72. The van der Waals surface area contributed by atoms with Gasteiger partial charge in [-0.2, -0.15) is 5.10 Å². The van der Waals surface area contributed by atoms with E-state index in [1.807, 2.05) is 0 Å². The molecule has 0 aromatic heterocycles. The normalized spacial score (nSPS) is 12.1. The molecule has 10 heteroatoms. The molecule has 1 atom stereocenters. The summed E-state index contributed by atoms with van der Waals surface area (Å²) in [7, 11) is 1.12. The molecule has 0 amide bonds. The average Bonchev–Trinajstić information content (AvgIpc) is 3.02. The summed E-state index contributed by atoms with van der Waals surface area (Å²) in [6.07, 6.45) is 1.79. The first kappa shape index (κ1) is 18.2. The lowest BCUT2D eigenvalue weighted by Gasteiger charge is -2.22. The number of ether oxygens (including phenoxy) is 1. The third-order valence-electron chi connectivity index (χ3n) is 4.05. The minimum atomic E-state index is -1.29. The predicted molar refractivity (Wildman–Crippen MR) is 87.6 cm³/mol. The summed E-state index contributed by atoms with van der Waals surface area (Å²) in [4.78, 5) is 35.3. The Morgan fingerprint density at radius 3 is 2.74 bits per heavy atom. The Bertz CT molecular complexity index is 1060. The zero-order valence-corrected chi connectivity index (χ0v) is 13.9. The van der Waals surface area contributed by atoms with Crippen LogP contribution >= 0.6 is 0 Å². The van der Waals surface area contributed by atoms with Gasteiger partial charge < -0.3 is 14.4 Å². The van der Waals surface area contributed by atoms with Crippen LogP contribution in [0.2, 0.25) is 0 Å². The van der Waals surface area contributed by atoms with Crippen LogP contribution in [-0.2, 0) is 9.53 Å². The molecule has 1 aromatic carbocycles. The fraction of sp³-hybridized carbons (Fsp3) is 0.176. The van der Waals surface area contributed by atoms with Crippen molar-refractivity contribution in [3.05, 3.63) is 63.7 Å². The maximum absolute atomic E-state index is 14.3. The van der Waals surface area contributed by atoms with Gasteiger partial charge in [0.1, 0.15) is 11.3 Å². The van der Waals surface area contributed by atoms with E-state index >= 15 is 0 Å². The van der Waals surface area contributed by atoms with E-state index in [4.69, 9.17) is 0 Å². The van der Waals surface area contributed by atoms with E-state index in [-0.39, 0.29) is 22.4 Å². The third-order valence-corrected chi connectivity index (χ3v) is 4.05. The van der Waals surface area contributed by atoms with E-state index in [2.05, 4.69) is 14.9 Å². The summed E-state index contributed by atoms with van der Waals surface area (Å²) in [5.74, 6) is -4.48. The molecule has 2 aliphatic rings. The van der Waals surface area contributed by atoms with Gasteiger partial charge in [-0.25, -0.2) is 18.7 Å². The van der Waals surface area contributed by atoms with Gasteiger partial charge in [-0.1, -0.05) is 12.1 Å². The fourth-order valence-corrected chi connectivity index (χ4v) is 2.81. The van der Waals surface area contributed by atoms with Crippen molar-refractivity contribution in [2.75, 3.05) is 7.11 Å². The molecule has 0 fully saturated rings. The highest BCUT2D eigenvalue weighted by atomic mass is 19.2. The number of hydrogen-bond donors (Lipinski definition) is 2. The van der Waals surface area contributed by atoms with E-state index in [1.54, 1.807) is 0 Å². The second-order valence-electron chi connectivity index (χ2n) is 5.68. The molecule has 8 nitrogen and oxygen atoms in total. The van der Waals surface area contributed by atoms with E-state index in [0.29, 0.717) is 0 Å². The first-order valence-electron chi connectivity index (χ1n) is 7.67. The SMILES string of the molecule is COC(=O)c1cn([C@H](CC(=O)O)c2cccc(F)c2F)cc2c(=O)[nH]nc1-2. The molecule has 2 aliphatic heterocycles. The standard InChI is InChI=1S/C17H13F2N3O5/c1-27-17(26)10-7-22(6-9-15(10)20-21-16(9)25)12(5-13(23)24)8-3-2-4-11(18)14(8)19/h2-4,6-7,12H,5H2,1H3,(H,21,25)(H,23,24)/t12-/m1/s1. The van der Waals surface area contributed by atoms with Gasteiger partial charge in [-0.05, 0) is 6.07 Å². The summed E-state index contributed by atoms with van der Waals surface area (Å²) in [6.45, 7) is 0. The molecule has 0 unspecified atom stereocenters. The molecule has 1 aromatic rings. The zero-order valence-electron chi connectivity index (χ0n) is 13.9. The highest BCUT2D eigenvalue weighted by Gasteiger charge is 2.27. The molecule has 140 valence electrons. The van der Waals surface area contributed by atoms with Crippen LogP contribution in [0, 0.1) is 11.6 Å². The van der Waals surface area contributed by atoms with Crippen LogP contribution in [-0.4, -0.2) is 38.9 Å². The quantitative estimate of drug-likeness (QED) is 0.656. The van der Waals surface area contributed by atoms with E-state index in [1.165, 1.54) is 24.5 Å². The van der Waals surface area contributed by atoms with Gasteiger partial charge in [-0.15, -0.1) is 0 Å². The van der Waals surface area contributed by atoms with Crippen LogP contribution in [0.15, 0.2) is 35.4 Å². The molecule has 0 saturated heterocycles. The van der Waals surface area contributed by atoms with Gasteiger partial charge in [0, 0.05) is 18.0 Å². The van der Waals surface area contributed by atoms with Crippen molar-refractivity contribution in [1.29, 1.82) is 0 Å². The lowest BCUT2D eigenvalue weighted by atomic mass is 10.0. The van der Waals surface area contributed by atoms with Crippen molar-refractivity contribution >= 4 is 11.9 Å². The highest BCUT2D eigenvalue weighted by Crippen LogP contribution is 2.30. The molecule has 0 spiro atoms. The number of carbonyl (C=O) groups excluding carboxylic acids is 1. The Hall–Kier alpha value is -3.56. The van der Waals surface area contributed by atoms with Gasteiger partial charge in [0.15, 0.2) is 11.6 Å². The molecular weight excluding hydrogens is 364 g/mol. The summed E-state index contributed by atoms with van der Waals surface area (Å²) < 4.78 is 33.8. The van der Waals surface area contributed by atoms with Crippen molar-refractivity contribution in [3.8, 4) is 11.3 Å². The van der Waals surface area contributed by atoms with Crippen molar-refractivity contribution < 1.29 is 28.2 Å². The number of pyridine rings is 1. The lowest BCUT2D eigenvalue weighted by molar-refractivity contribution is -0.137. The summed E-state index contributed by atoms with van der Waals surface area (Å²) in [5.41, 5.74) is -0.991. The predicted octanol–water partition coefficient (Wildman–Crippen LogP) is 1.81. The second-order valence-corrected chi connectivity index (χ2v) is 5.68. The second kappa shape index (κ2) is 6.98. The molecule has 27 heavy (non-hydrogen) atoms. The van der Waals surface area contributed by atoms with Gasteiger partial charge in [0.05, 0.1) is 25.1 Å². The summed E-state index contributed by atoms with van der Waals surface area (Å²) in [6, 6.07) is 2.14. The zero-order chi connectivity index (χ0) is 19.7. The smallest absolute Gasteiger partial charge is 0.341 e. The first-order chi connectivity index (χ1) is 12.8. The van der Waals surface area contributed by atoms with Crippen molar-refractivity contribution in [1.82, 2.24) is 14.8 Å². The average molecular weight is 377 g/mol. The largest absolute Gasteiger partial charge is 0.481 e. The van der Waals surface area contributed by atoms with Gasteiger partial charge >= 0.3 is 11.9 Å². The van der Waals surface area contributed by atoms with Crippen molar-refractivity contribution in [2.45, 2.75) is 12.5 Å². The number of aromatic nitrogens is 3. The van der Waals surface area contributed by atoms with Gasteiger partial charge in [0.2, 0.25) is 0 Å². The number of halogens is 2. The summed E-state index contributed by atoms with van der Waals surface area (Å²) >= 11 is 0. The van der Waals surface area contributed by atoms with E-state index in [9.17, 15) is 28.3 Å². The maximum Gasteiger partial charge on any atom is 0.341 e. The molecular formula is C17H13F2N3O5. The Labute approximate surface area is 150 Å². The number of carbonyl (C=O) groups is 2. The van der Waals surface area contributed by atoms with Crippen LogP contribution in [0.3, 0.4) is 0 Å². The number of H-pyrrole nitrogens is 1. The summed E-state index contributed by atoms with van der Waals surface area (Å²) in [5, 5.41) is 15.2. The molecule has 2 N–H and O–H groups in total. The number of rotatable bonds is 5. The topological polar surface area (TPSA) is 114 Å². The minimum Gasteiger partial charge on any atom is -0.481 e. The van der Waals surface area contributed by atoms with Gasteiger partial charge in [0.25, 0.3) is 5.56 Å². The van der Waals surface area contributed by atoms with Crippen LogP contribution in [0.4, 0.5) is 8.78 Å². The van der Waals surface area contributed by atoms with Crippen molar-refractivity contribution in [3.63, 3.8) is 0 Å². The van der Waals surface area contributed by atoms with Gasteiger partial charge in [-0.3, -0.25) is 9.59 Å². The minimum absolute atomic E-state index is 0.0231. The maximum atomic E-state index is 14.3. The van der Waals surface area contributed by atoms with Crippen LogP contribution < -0.4 is 5.56 Å². The van der Waals surface area contributed by atoms with Crippen molar-refractivity contribution in [2.24, 2.45) is 0 Å². The van der Waals surface area contributed by atoms with Crippen LogP contribution in [0.5, 0.6) is 0 Å².